The second-order valence-corrected chi connectivity index (χ2v) is 16.5. The summed E-state index contributed by atoms with van der Waals surface area (Å²) in [4.78, 5) is 2.35. The van der Waals surface area contributed by atoms with Gasteiger partial charge in [-0.3, -0.25) is 0 Å². The Bertz CT molecular complexity index is 3330. The smallest absolute Gasteiger partial charge is 0.145 e. The molecular formula is C57H40N2O. The third-order valence-corrected chi connectivity index (χ3v) is 12.8. The van der Waals surface area contributed by atoms with Gasteiger partial charge in [0.05, 0.1) is 22.1 Å². The van der Waals surface area contributed by atoms with Crippen molar-refractivity contribution in [2.75, 3.05) is 4.90 Å². The molecule has 11 aromatic rings. The summed E-state index contributed by atoms with van der Waals surface area (Å²) >= 11 is 0. The van der Waals surface area contributed by atoms with E-state index in [1.807, 2.05) is 0 Å². The van der Waals surface area contributed by atoms with Crippen LogP contribution in [0.25, 0.3) is 82.8 Å². The van der Waals surface area contributed by atoms with Gasteiger partial charge in [0, 0.05) is 38.6 Å². The molecule has 0 saturated heterocycles. The van der Waals surface area contributed by atoms with Crippen LogP contribution in [0.5, 0.6) is 0 Å². The fourth-order valence-electron chi connectivity index (χ4n) is 9.73. The van der Waals surface area contributed by atoms with Gasteiger partial charge in [0.25, 0.3) is 0 Å². The number of anilines is 3. The highest BCUT2D eigenvalue weighted by Gasteiger charge is 2.37. The van der Waals surface area contributed by atoms with Gasteiger partial charge in [-0.25, -0.2) is 0 Å². The normalized spacial score (nSPS) is 13.0. The Hall–Kier alpha value is -7.62. The van der Waals surface area contributed by atoms with Crippen molar-refractivity contribution in [2.24, 2.45) is 0 Å². The van der Waals surface area contributed by atoms with E-state index >= 15 is 0 Å². The lowest BCUT2D eigenvalue weighted by molar-refractivity contribution is 0.630. The Labute approximate surface area is 349 Å². The molecule has 0 saturated carbocycles. The minimum Gasteiger partial charge on any atom is -0.455 e. The van der Waals surface area contributed by atoms with Crippen molar-refractivity contribution in [3.8, 4) is 39.1 Å². The van der Waals surface area contributed by atoms with Crippen molar-refractivity contribution >= 4 is 60.8 Å². The lowest BCUT2D eigenvalue weighted by atomic mass is 9.73. The van der Waals surface area contributed by atoms with Crippen LogP contribution in [0.3, 0.4) is 0 Å². The number of furan rings is 1. The second-order valence-electron chi connectivity index (χ2n) is 16.5. The summed E-state index contributed by atoms with van der Waals surface area (Å²) in [6, 6.07) is 74.7. The Morgan fingerprint density at radius 1 is 0.417 bits per heavy atom. The topological polar surface area (TPSA) is 21.3 Å². The van der Waals surface area contributed by atoms with Crippen molar-refractivity contribution in [3.63, 3.8) is 0 Å². The van der Waals surface area contributed by atoms with E-state index in [4.69, 9.17) is 4.42 Å². The van der Waals surface area contributed by atoms with Gasteiger partial charge in [-0.05, 0) is 111 Å². The van der Waals surface area contributed by atoms with Crippen LogP contribution < -0.4 is 4.90 Å². The average Bonchev–Trinajstić information content (AvgIpc) is 3.86. The Morgan fingerprint density at radius 2 is 0.900 bits per heavy atom. The van der Waals surface area contributed by atoms with E-state index in [-0.39, 0.29) is 5.41 Å². The minimum absolute atomic E-state index is 0.269. The molecule has 0 aliphatic carbocycles. The van der Waals surface area contributed by atoms with Gasteiger partial charge in [-0.1, -0.05) is 153 Å². The van der Waals surface area contributed by atoms with Gasteiger partial charge in [-0.15, -0.1) is 0 Å². The number of hydrogen-bond donors (Lipinski definition) is 0. The van der Waals surface area contributed by atoms with Gasteiger partial charge in [0.15, 0.2) is 0 Å². The van der Waals surface area contributed by atoms with Gasteiger partial charge < -0.3 is 13.9 Å². The molecule has 0 N–H and O–H groups in total. The molecule has 3 nitrogen and oxygen atoms in total. The maximum absolute atomic E-state index is 6.66. The van der Waals surface area contributed by atoms with Crippen LogP contribution in [-0.4, -0.2) is 4.57 Å². The number of benzene rings is 9. The largest absolute Gasteiger partial charge is 0.455 e. The molecule has 1 aliphatic heterocycles. The average molecular weight is 769 g/mol. The molecular weight excluding hydrogens is 729 g/mol. The van der Waals surface area contributed by atoms with Crippen LogP contribution in [-0.2, 0) is 5.41 Å². The van der Waals surface area contributed by atoms with Gasteiger partial charge in [0.2, 0.25) is 0 Å². The highest BCUT2D eigenvalue weighted by atomic mass is 16.3. The molecule has 3 heterocycles. The predicted octanol–water partition coefficient (Wildman–Crippen LogP) is 15.8. The summed E-state index contributed by atoms with van der Waals surface area (Å²) in [6.45, 7) is 4.76. The quantitative estimate of drug-likeness (QED) is 0.168. The van der Waals surface area contributed by atoms with Gasteiger partial charge in [-0.2, -0.15) is 0 Å². The second kappa shape index (κ2) is 13.2. The first-order valence-corrected chi connectivity index (χ1v) is 20.8. The zero-order chi connectivity index (χ0) is 40.0. The van der Waals surface area contributed by atoms with Gasteiger partial charge >= 0.3 is 0 Å². The molecule has 1 aliphatic rings. The molecule has 3 heteroatoms. The van der Waals surface area contributed by atoms with E-state index in [2.05, 4.69) is 230 Å². The monoisotopic (exact) mass is 768 g/mol. The van der Waals surface area contributed by atoms with Crippen LogP contribution in [0.1, 0.15) is 25.0 Å². The molecule has 9 aromatic carbocycles. The first-order valence-electron chi connectivity index (χ1n) is 20.8. The molecule has 0 spiro atoms. The lowest BCUT2D eigenvalue weighted by Crippen LogP contribution is -2.26. The summed E-state index contributed by atoms with van der Waals surface area (Å²) in [5, 5.41) is 4.75. The molecule has 60 heavy (non-hydrogen) atoms. The van der Waals surface area contributed by atoms with E-state index in [0.717, 1.165) is 33.6 Å². The highest BCUT2D eigenvalue weighted by molar-refractivity contribution is 6.25. The van der Waals surface area contributed by atoms with Crippen molar-refractivity contribution < 1.29 is 4.42 Å². The van der Waals surface area contributed by atoms with Crippen LogP contribution in [0.2, 0.25) is 0 Å². The summed E-state index contributed by atoms with van der Waals surface area (Å²) in [5.41, 5.74) is 18.4. The van der Waals surface area contributed by atoms with E-state index in [0.29, 0.717) is 0 Å². The summed E-state index contributed by atoms with van der Waals surface area (Å²) < 4.78 is 9.13. The maximum Gasteiger partial charge on any atom is 0.145 e. The number of fused-ring (bicyclic) bond motifs is 9. The predicted molar refractivity (Wildman–Crippen MR) is 251 cm³/mol. The van der Waals surface area contributed by atoms with Crippen molar-refractivity contribution in [2.45, 2.75) is 19.3 Å². The zero-order valence-corrected chi connectivity index (χ0v) is 33.4. The third kappa shape index (κ3) is 5.22. The number of rotatable bonds is 6. The number of hydrogen-bond acceptors (Lipinski definition) is 2. The molecule has 2 aromatic heterocycles. The lowest BCUT2D eigenvalue weighted by Gasteiger charge is -2.35. The third-order valence-electron chi connectivity index (χ3n) is 12.8. The van der Waals surface area contributed by atoms with Crippen molar-refractivity contribution in [1.82, 2.24) is 4.57 Å². The van der Waals surface area contributed by atoms with Crippen molar-refractivity contribution in [1.29, 1.82) is 0 Å². The Kier molecular flexibility index (Phi) is 7.58. The summed E-state index contributed by atoms with van der Waals surface area (Å²) in [7, 11) is 0. The van der Waals surface area contributed by atoms with E-state index in [9.17, 15) is 0 Å². The first kappa shape index (κ1) is 34.4. The number of para-hydroxylation sites is 2. The van der Waals surface area contributed by atoms with Crippen LogP contribution >= 0.6 is 0 Å². The number of nitrogens with zero attached hydrogens (tertiary/aromatic N) is 2. The summed E-state index contributed by atoms with van der Waals surface area (Å²) in [5.74, 6) is 0. The summed E-state index contributed by atoms with van der Waals surface area (Å²) in [6.07, 6.45) is 0. The fourth-order valence-corrected chi connectivity index (χ4v) is 9.73. The Balaban J connectivity index is 0.963. The van der Waals surface area contributed by atoms with Crippen LogP contribution in [0, 0.1) is 0 Å². The maximum atomic E-state index is 6.66. The van der Waals surface area contributed by atoms with E-state index in [1.54, 1.807) is 0 Å². The van der Waals surface area contributed by atoms with Crippen LogP contribution in [0.4, 0.5) is 17.1 Å². The minimum atomic E-state index is -0.269. The first-order chi connectivity index (χ1) is 29.5. The van der Waals surface area contributed by atoms with E-state index < -0.39 is 0 Å². The van der Waals surface area contributed by atoms with Crippen molar-refractivity contribution in [3.05, 3.63) is 217 Å². The van der Waals surface area contributed by atoms with Gasteiger partial charge in [0.1, 0.15) is 11.2 Å². The van der Waals surface area contributed by atoms with Crippen LogP contribution in [0.15, 0.2) is 211 Å². The SMILES string of the molecule is CC1(C)c2cc(-c3ccc(N(c4ccc(-c5ccccc5)cc4)c4ccc(-c5ccccc5)cc4)cc3)ccc2-n2c3ccccc3c3c4oc5ccccc5c4cc1c32. The molecule has 0 amide bonds. The Morgan fingerprint density at radius 3 is 1.50 bits per heavy atom. The molecule has 0 atom stereocenters. The molecule has 0 fully saturated rings. The molecule has 284 valence electrons. The highest BCUT2D eigenvalue weighted by Crippen LogP contribution is 2.52. The molecule has 12 rings (SSSR count). The molecule has 0 bridgehead atoms. The van der Waals surface area contributed by atoms with E-state index in [1.165, 1.54) is 77.4 Å². The zero-order valence-electron chi connectivity index (χ0n) is 33.4. The molecule has 0 radical (unpaired) electrons. The standard InChI is InChI=1S/C57H40N2O/c1-57(2)49-35-42(27-34-52(49)59-51-19-11-9-18-47(51)54-55(59)50(57)36-48-46-17-10-12-20-53(46)60-56(48)54)41-25-32-45(33-26-41)58(43-28-21-39(22-29-43)37-13-5-3-6-14-37)44-30-23-40(24-31-44)38-15-7-4-8-16-38/h3-36H,1-2H3. The number of aromatic nitrogens is 1. The molecule has 0 unspecified atom stereocenters. The fraction of sp³-hybridized carbons (Fsp3) is 0.0526.